The van der Waals surface area contributed by atoms with Gasteiger partial charge in [0.25, 0.3) is 10.0 Å². The van der Waals surface area contributed by atoms with E-state index in [-0.39, 0.29) is 10.9 Å². The van der Waals surface area contributed by atoms with Crippen LogP contribution in [0.4, 0.5) is 0 Å². The van der Waals surface area contributed by atoms with Gasteiger partial charge in [-0.25, -0.2) is 12.4 Å². The fourth-order valence-electron chi connectivity index (χ4n) is 3.93. The van der Waals surface area contributed by atoms with E-state index in [1.165, 1.54) is 3.97 Å². The molecule has 2 aromatic carbocycles. The lowest BCUT2D eigenvalue weighted by molar-refractivity contribution is 0.488. The predicted octanol–water partition coefficient (Wildman–Crippen LogP) is 4.31. The molecule has 1 aliphatic carbocycles. The normalized spacial score (nSPS) is 18.6. The molecule has 29 heavy (non-hydrogen) atoms. The molecule has 0 bridgehead atoms. The van der Waals surface area contributed by atoms with Gasteiger partial charge in [-0.05, 0) is 58.2 Å². The lowest BCUT2D eigenvalue weighted by Gasteiger charge is -2.30. The van der Waals surface area contributed by atoms with Gasteiger partial charge in [-0.1, -0.05) is 36.4 Å². The van der Waals surface area contributed by atoms with Crippen LogP contribution in [0, 0.1) is 0 Å². The summed E-state index contributed by atoms with van der Waals surface area (Å²) in [6.45, 7) is 5.80. The SMILES string of the molecule is CC(C)(C)[S+]([O-])N[C@@H]1CCCc2c1c1ccccc1n2S(=O)(=O)c1ccccc1. The monoisotopic (exact) mass is 430 g/mol. The van der Waals surface area contributed by atoms with Crippen LogP contribution in [-0.2, 0) is 27.8 Å². The number of benzene rings is 2. The fraction of sp³-hybridized carbons (Fsp3) is 0.364. The molecule has 7 heteroatoms. The van der Waals surface area contributed by atoms with E-state index in [2.05, 4.69) is 4.72 Å². The first-order valence-electron chi connectivity index (χ1n) is 9.82. The Balaban J connectivity index is 1.91. The lowest BCUT2D eigenvalue weighted by Crippen LogP contribution is -2.42. The topological polar surface area (TPSA) is 74.2 Å². The second kappa shape index (κ2) is 7.47. The fourth-order valence-corrected chi connectivity index (χ4v) is 6.39. The predicted molar refractivity (Wildman–Crippen MR) is 118 cm³/mol. The summed E-state index contributed by atoms with van der Waals surface area (Å²) >= 11 is -1.24. The van der Waals surface area contributed by atoms with Gasteiger partial charge in [0, 0.05) is 28.0 Å². The highest BCUT2D eigenvalue weighted by Gasteiger charge is 2.36. The van der Waals surface area contributed by atoms with Gasteiger partial charge in [0.1, 0.15) is 4.75 Å². The minimum atomic E-state index is -3.73. The third-order valence-electron chi connectivity index (χ3n) is 5.31. The van der Waals surface area contributed by atoms with Crippen LogP contribution in [0.25, 0.3) is 10.9 Å². The van der Waals surface area contributed by atoms with Gasteiger partial charge < -0.3 is 4.55 Å². The second-order valence-electron chi connectivity index (χ2n) is 8.40. The quantitative estimate of drug-likeness (QED) is 0.626. The highest BCUT2D eigenvalue weighted by molar-refractivity contribution is 7.91. The smallest absolute Gasteiger partial charge is 0.268 e. The number of rotatable bonds is 4. The summed E-state index contributed by atoms with van der Waals surface area (Å²) in [7, 11) is -3.73. The Morgan fingerprint density at radius 3 is 2.41 bits per heavy atom. The number of nitrogens with one attached hydrogen (secondary N) is 1. The zero-order valence-electron chi connectivity index (χ0n) is 16.9. The molecule has 1 N–H and O–H groups in total. The zero-order chi connectivity index (χ0) is 20.8. The molecule has 1 unspecified atom stereocenters. The Hall–Kier alpha value is -1.80. The Kier molecular flexibility index (Phi) is 5.27. The van der Waals surface area contributed by atoms with Crippen molar-refractivity contribution >= 4 is 32.3 Å². The van der Waals surface area contributed by atoms with Crippen LogP contribution in [0.15, 0.2) is 59.5 Å². The molecular formula is C22H26N2O3S2. The highest BCUT2D eigenvalue weighted by Crippen LogP contribution is 2.40. The van der Waals surface area contributed by atoms with E-state index >= 15 is 0 Å². The Labute approximate surface area is 175 Å². The minimum absolute atomic E-state index is 0.143. The Morgan fingerprint density at radius 1 is 1.07 bits per heavy atom. The van der Waals surface area contributed by atoms with Crippen molar-refractivity contribution in [1.82, 2.24) is 8.69 Å². The van der Waals surface area contributed by atoms with Crippen molar-refractivity contribution in [1.29, 1.82) is 0 Å². The number of para-hydroxylation sites is 1. The molecule has 0 aliphatic heterocycles. The number of hydrogen-bond donors (Lipinski definition) is 1. The van der Waals surface area contributed by atoms with Crippen LogP contribution in [0.5, 0.6) is 0 Å². The molecule has 1 heterocycles. The van der Waals surface area contributed by atoms with Crippen LogP contribution in [0.1, 0.15) is 50.9 Å². The van der Waals surface area contributed by atoms with E-state index < -0.39 is 26.1 Å². The van der Waals surface area contributed by atoms with Crippen LogP contribution in [0.3, 0.4) is 0 Å². The highest BCUT2D eigenvalue weighted by atomic mass is 32.2. The summed E-state index contributed by atoms with van der Waals surface area (Å²) in [4.78, 5) is 0.275. The molecule has 1 aliphatic rings. The molecule has 0 saturated carbocycles. The van der Waals surface area contributed by atoms with E-state index in [1.54, 1.807) is 24.3 Å². The Morgan fingerprint density at radius 2 is 1.72 bits per heavy atom. The Bertz CT molecular complexity index is 1130. The third-order valence-corrected chi connectivity index (χ3v) is 8.69. The number of nitrogens with zero attached hydrogens (tertiary/aromatic N) is 1. The molecule has 0 amide bonds. The van der Waals surface area contributed by atoms with Crippen molar-refractivity contribution in [2.45, 2.75) is 55.7 Å². The van der Waals surface area contributed by atoms with Crippen LogP contribution in [0.2, 0.25) is 0 Å². The standard InChI is InChI=1S/C22H26N2O3S2/c1-22(2,3)28(25)23-18-13-9-15-20-21(18)17-12-7-8-14-19(17)24(20)29(26,27)16-10-5-4-6-11-16/h4-8,10-12,14,18,23H,9,13,15H2,1-3H3/t18-,28?/m1/s1. The van der Waals surface area contributed by atoms with E-state index in [0.29, 0.717) is 11.9 Å². The van der Waals surface area contributed by atoms with Crippen LogP contribution >= 0.6 is 0 Å². The van der Waals surface area contributed by atoms with E-state index in [4.69, 9.17) is 0 Å². The van der Waals surface area contributed by atoms with Crippen molar-refractivity contribution in [3.63, 3.8) is 0 Å². The number of aromatic nitrogens is 1. The molecular weight excluding hydrogens is 404 g/mol. The molecule has 0 fully saturated rings. The maximum Gasteiger partial charge on any atom is 0.268 e. The summed E-state index contributed by atoms with van der Waals surface area (Å²) in [6.07, 6.45) is 2.34. The first-order chi connectivity index (χ1) is 13.7. The van der Waals surface area contributed by atoms with Crippen LogP contribution < -0.4 is 4.72 Å². The minimum Gasteiger partial charge on any atom is -0.598 e. The molecule has 1 aromatic heterocycles. The molecule has 4 rings (SSSR count). The molecule has 3 aromatic rings. The molecule has 0 saturated heterocycles. The van der Waals surface area contributed by atoms with Gasteiger partial charge in [-0.2, -0.15) is 0 Å². The molecule has 0 spiro atoms. The molecule has 5 nitrogen and oxygen atoms in total. The number of hydrogen-bond acceptors (Lipinski definition) is 4. The number of fused-ring (bicyclic) bond motifs is 3. The lowest BCUT2D eigenvalue weighted by atomic mass is 9.91. The van der Waals surface area contributed by atoms with E-state index in [9.17, 15) is 13.0 Å². The first-order valence-corrected chi connectivity index (χ1v) is 12.4. The average molecular weight is 431 g/mol. The zero-order valence-corrected chi connectivity index (χ0v) is 18.5. The summed E-state index contributed by atoms with van der Waals surface area (Å²) in [6, 6.07) is 16.0. The summed E-state index contributed by atoms with van der Waals surface area (Å²) in [5, 5.41) is 0.908. The summed E-state index contributed by atoms with van der Waals surface area (Å²) < 4.78 is 44.3. The van der Waals surface area contributed by atoms with Gasteiger partial charge in [-0.15, -0.1) is 4.72 Å². The molecule has 2 atom stereocenters. The van der Waals surface area contributed by atoms with E-state index in [0.717, 1.165) is 29.5 Å². The van der Waals surface area contributed by atoms with Crippen molar-refractivity contribution in [3.8, 4) is 0 Å². The van der Waals surface area contributed by atoms with Gasteiger partial charge in [0.2, 0.25) is 0 Å². The largest absolute Gasteiger partial charge is 0.598 e. The average Bonchev–Trinajstić information content (AvgIpc) is 3.04. The second-order valence-corrected chi connectivity index (χ2v) is 12.2. The maximum absolute atomic E-state index is 13.6. The first kappa shape index (κ1) is 20.5. The van der Waals surface area contributed by atoms with Gasteiger partial charge in [0.15, 0.2) is 0 Å². The summed E-state index contributed by atoms with van der Waals surface area (Å²) in [5.74, 6) is 0. The van der Waals surface area contributed by atoms with Gasteiger partial charge in [-0.3, -0.25) is 0 Å². The van der Waals surface area contributed by atoms with Crippen molar-refractivity contribution in [3.05, 3.63) is 65.9 Å². The third kappa shape index (κ3) is 3.61. The maximum atomic E-state index is 13.6. The van der Waals surface area contributed by atoms with Crippen molar-refractivity contribution in [2.24, 2.45) is 0 Å². The van der Waals surface area contributed by atoms with E-state index in [1.807, 2.05) is 51.1 Å². The van der Waals surface area contributed by atoms with Crippen LogP contribution in [-0.4, -0.2) is 21.7 Å². The summed E-state index contributed by atoms with van der Waals surface area (Å²) in [5.41, 5.74) is 2.44. The molecule has 0 radical (unpaired) electrons. The van der Waals surface area contributed by atoms with Crippen molar-refractivity contribution < 1.29 is 13.0 Å². The van der Waals surface area contributed by atoms with Gasteiger partial charge in [0.05, 0.1) is 16.5 Å². The molecule has 154 valence electrons. The van der Waals surface area contributed by atoms with Crippen molar-refractivity contribution in [2.75, 3.05) is 0 Å². The van der Waals surface area contributed by atoms with Gasteiger partial charge >= 0.3 is 0 Å².